The molecule has 0 radical (unpaired) electrons. The molecular weight excluding hydrogens is 681 g/mol. The van der Waals surface area contributed by atoms with E-state index in [-0.39, 0.29) is 12.5 Å². The average molecular weight is 723 g/mol. The van der Waals surface area contributed by atoms with E-state index in [2.05, 4.69) is 53.2 Å². The van der Waals surface area contributed by atoms with Crippen molar-refractivity contribution in [3.8, 4) is 23.1 Å². The maximum absolute atomic E-state index is 13.0. The minimum absolute atomic E-state index is 0.0222. The van der Waals surface area contributed by atoms with Gasteiger partial charge in [-0.2, -0.15) is 0 Å². The maximum atomic E-state index is 13.0. The Hall–Kier alpha value is -4.82. The van der Waals surface area contributed by atoms with Crippen LogP contribution >= 0.6 is 23.2 Å². The summed E-state index contributed by atoms with van der Waals surface area (Å²) in [6.07, 6.45) is 5.99. The second-order valence-corrected chi connectivity index (χ2v) is 13.4. The Morgan fingerprint density at radius 3 is 2.29 bits per heavy atom. The van der Waals surface area contributed by atoms with Crippen molar-refractivity contribution in [2.24, 2.45) is 0 Å². The van der Waals surface area contributed by atoms with Gasteiger partial charge in [-0.3, -0.25) is 9.69 Å². The van der Waals surface area contributed by atoms with E-state index in [4.69, 9.17) is 37.4 Å². The van der Waals surface area contributed by atoms with Crippen molar-refractivity contribution in [1.82, 2.24) is 14.8 Å². The predicted octanol–water partition coefficient (Wildman–Crippen LogP) is 9.36. The second-order valence-electron chi connectivity index (χ2n) is 12.6. The second kappa shape index (κ2) is 17.4. The summed E-state index contributed by atoms with van der Waals surface area (Å²) < 4.78 is 17.7. The van der Waals surface area contributed by atoms with Gasteiger partial charge in [-0.25, -0.2) is 4.98 Å². The molecule has 1 amide bonds. The smallest absolute Gasteiger partial charge is 0.246 e. The number of amides is 1. The lowest BCUT2D eigenvalue weighted by molar-refractivity contribution is -0.127. The number of pyridine rings is 1. The van der Waals surface area contributed by atoms with Crippen LogP contribution < -0.4 is 14.2 Å². The molecule has 0 bridgehead atoms. The zero-order valence-corrected chi connectivity index (χ0v) is 30.4. The Labute approximate surface area is 310 Å². The van der Waals surface area contributed by atoms with Crippen molar-refractivity contribution in [2.75, 3.05) is 32.8 Å². The summed E-state index contributed by atoms with van der Waals surface area (Å²) in [5.41, 5.74) is 6.41. The van der Waals surface area contributed by atoms with Crippen LogP contribution in [0.3, 0.4) is 0 Å². The van der Waals surface area contributed by atoms with Crippen molar-refractivity contribution in [3.63, 3.8) is 0 Å². The molecule has 1 aliphatic heterocycles. The highest BCUT2D eigenvalue weighted by atomic mass is 35.5. The quantitative estimate of drug-likeness (QED) is 0.113. The summed E-state index contributed by atoms with van der Waals surface area (Å²) in [5.74, 6) is 2.64. The van der Waals surface area contributed by atoms with Crippen LogP contribution in [0.2, 0.25) is 10.0 Å². The molecule has 7 nitrogen and oxygen atoms in total. The van der Waals surface area contributed by atoms with Gasteiger partial charge in [0.25, 0.3) is 0 Å². The Bertz CT molecular complexity index is 1940. The van der Waals surface area contributed by atoms with Crippen LogP contribution in [0.1, 0.15) is 33.4 Å². The molecule has 0 N–H and O–H groups in total. The third kappa shape index (κ3) is 10.4. The number of carbonyl (C=O) groups excluding carboxylic acids is 1. The molecule has 1 saturated heterocycles. The molecule has 1 fully saturated rings. The van der Waals surface area contributed by atoms with E-state index in [0.29, 0.717) is 47.1 Å². The van der Waals surface area contributed by atoms with Crippen molar-refractivity contribution < 1.29 is 19.0 Å². The number of nitrogens with zero attached hydrogens (tertiary/aromatic N) is 3. The standard InChI is InChI=1S/C42H41Cl2N3O4/c1-30-6-14-36(15-7-30)49-25-20-32-8-10-34(11-9-32)28-46-21-23-47(24-22-46)41(48)19-13-33-12-17-39(31(2)26-33)51-40-18-16-37(27-45-40)50-29-35-4-3-5-38(43)42(35)44/h3-19,26-27H,20-25,28-29H2,1-2H3/b19-13+. The number of halogens is 2. The number of piperazine rings is 1. The molecule has 0 aliphatic carbocycles. The van der Waals surface area contributed by atoms with Crippen LogP contribution in [-0.2, 0) is 24.4 Å². The maximum Gasteiger partial charge on any atom is 0.246 e. The van der Waals surface area contributed by atoms with Gasteiger partial charge in [-0.05, 0) is 78.6 Å². The van der Waals surface area contributed by atoms with Crippen molar-refractivity contribution in [1.29, 1.82) is 0 Å². The van der Waals surface area contributed by atoms with E-state index >= 15 is 0 Å². The fraction of sp³-hybridized carbons (Fsp3) is 0.238. The van der Waals surface area contributed by atoms with Crippen LogP contribution in [-0.4, -0.2) is 53.5 Å². The minimum Gasteiger partial charge on any atom is -0.493 e. The van der Waals surface area contributed by atoms with Crippen LogP contribution in [0, 0.1) is 13.8 Å². The van der Waals surface area contributed by atoms with Gasteiger partial charge in [0.2, 0.25) is 11.8 Å². The summed E-state index contributed by atoms with van der Waals surface area (Å²) in [6.45, 7) is 8.93. The lowest BCUT2D eigenvalue weighted by Gasteiger charge is -2.34. The van der Waals surface area contributed by atoms with Crippen LogP contribution in [0.25, 0.3) is 6.08 Å². The largest absolute Gasteiger partial charge is 0.493 e. The fourth-order valence-corrected chi connectivity index (χ4v) is 6.10. The summed E-state index contributed by atoms with van der Waals surface area (Å²) in [5, 5.41) is 0.970. The van der Waals surface area contributed by atoms with Gasteiger partial charge in [0.1, 0.15) is 23.9 Å². The number of hydrogen-bond acceptors (Lipinski definition) is 6. The zero-order chi connectivity index (χ0) is 35.6. The highest BCUT2D eigenvalue weighted by molar-refractivity contribution is 6.42. The van der Waals surface area contributed by atoms with E-state index in [0.717, 1.165) is 48.5 Å². The first-order chi connectivity index (χ1) is 24.8. The van der Waals surface area contributed by atoms with E-state index in [1.54, 1.807) is 30.5 Å². The monoisotopic (exact) mass is 721 g/mol. The van der Waals surface area contributed by atoms with Crippen LogP contribution in [0.4, 0.5) is 0 Å². The minimum atomic E-state index is 0.0222. The predicted molar refractivity (Wildman–Crippen MR) is 204 cm³/mol. The zero-order valence-electron chi connectivity index (χ0n) is 28.9. The molecule has 0 saturated carbocycles. The number of aromatic nitrogens is 1. The fourth-order valence-electron chi connectivity index (χ4n) is 5.73. The highest BCUT2D eigenvalue weighted by Crippen LogP contribution is 2.28. The molecular formula is C42H41Cl2N3O4. The molecule has 0 unspecified atom stereocenters. The molecule has 9 heteroatoms. The molecule has 0 spiro atoms. The van der Waals surface area contributed by atoms with Gasteiger partial charge in [0, 0.05) is 56.9 Å². The van der Waals surface area contributed by atoms with Gasteiger partial charge in [-0.1, -0.05) is 83.4 Å². The molecule has 2 heterocycles. The summed E-state index contributed by atoms with van der Waals surface area (Å²) in [4.78, 5) is 21.7. The lowest BCUT2D eigenvalue weighted by atomic mass is 10.1. The van der Waals surface area contributed by atoms with Gasteiger partial charge in [0.05, 0.1) is 22.8 Å². The number of aryl methyl sites for hydroxylation is 2. The van der Waals surface area contributed by atoms with E-state index in [1.165, 1.54) is 16.7 Å². The Morgan fingerprint density at radius 2 is 1.57 bits per heavy atom. The number of benzene rings is 4. The van der Waals surface area contributed by atoms with Gasteiger partial charge < -0.3 is 19.1 Å². The normalized spacial score (nSPS) is 13.4. The number of hydrogen-bond donors (Lipinski definition) is 0. The molecule has 0 atom stereocenters. The number of rotatable bonds is 13. The van der Waals surface area contributed by atoms with Crippen LogP contribution in [0.15, 0.2) is 109 Å². The molecule has 6 rings (SSSR count). The first kappa shape index (κ1) is 36.0. The molecule has 51 heavy (non-hydrogen) atoms. The average Bonchev–Trinajstić information content (AvgIpc) is 3.14. The van der Waals surface area contributed by atoms with Crippen molar-refractivity contribution in [3.05, 3.63) is 153 Å². The molecule has 5 aromatic rings. The third-order valence-corrected chi connectivity index (χ3v) is 9.62. The van der Waals surface area contributed by atoms with E-state index in [1.807, 2.05) is 60.4 Å². The number of ether oxygens (including phenoxy) is 3. The van der Waals surface area contributed by atoms with Crippen molar-refractivity contribution in [2.45, 2.75) is 33.4 Å². The molecule has 1 aromatic heterocycles. The van der Waals surface area contributed by atoms with Gasteiger partial charge >= 0.3 is 0 Å². The first-order valence-electron chi connectivity index (χ1n) is 17.1. The molecule has 262 valence electrons. The highest BCUT2D eigenvalue weighted by Gasteiger charge is 2.20. The Morgan fingerprint density at radius 1 is 0.824 bits per heavy atom. The summed E-state index contributed by atoms with van der Waals surface area (Å²) in [6, 6.07) is 31.7. The Balaban J connectivity index is 0.916. The lowest BCUT2D eigenvalue weighted by Crippen LogP contribution is -2.47. The summed E-state index contributed by atoms with van der Waals surface area (Å²) >= 11 is 12.3. The number of carbonyl (C=O) groups is 1. The summed E-state index contributed by atoms with van der Waals surface area (Å²) in [7, 11) is 0. The van der Waals surface area contributed by atoms with E-state index < -0.39 is 0 Å². The molecule has 4 aromatic carbocycles. The van der Waals surface area contributed by atoms with Gasteiger partial charge in [-0.15, -0.1) is 0 Å². The van der Waals surface area contributed by atoms with Crippen LogP contribution in [0.5, 0.6) is 23.1 Å². The van der Waals surface area contributed by atoms with E-state index in [9.17, 15) is 4.79 Å². The molecule has 1 aliphatic rings. The Kier molecular flexibility index (Phi) is 12.3. The SMILES string of the molecule is Cc1ccc(OCCc2ccc(CN3CCN(C(=O)/C=C/c4ccc(Oc5ccc(OCc6cccc(Cl)c6Cl)cn5)c(C)c4)CC3)cc2)cc1. The topological polar surface area (TPSA) is 64.1 Å². The third-order valence-electron chi connectivity index (χ3n) is 8.76. The van der Waals surface area contributed by atoms with Crippen molar-refractivity contribution >= 4 is 35.2 Å². The van der Waals surface area contributed by atoms with Gasteiger partial charge in [0.15, 0.2) is 0 Å². The first-order valence-corrected chi connectivity index (χ1v) is 17.8.